The molecule has 118 valence electrons. The summed E-state index contributed by atoms with van der Waals surface area (Å²) in [6.45, 7) is 2.76. The molecule has 0 aliphatic carbocycles. The van der Waals surface area contributed by atoms with Crippen LogP contribution in [0.4, 0.5) is 0 Å². The van der Waals surface area contributed by atoms with Crippen LogP contribution in [0.1, 0.15) is 25.3 Å². The van der Waals surface area contributed by atoms with E-state index in [0.29, 0.717) is 6.42 Å². The van der Waals surface area contributed by atoms with Crippen molar-refractivity contribution in [1.82, 2.24) is 10.3 Å². The number of hydrogen-bond acceptors (Lipinski definition) is 3. The maximum atomic E-state index is 12.3. The quantitative estimate of drug-likeness (QED) is 0.786. The van der Waals surface area contributed by atoms with Crippen molar-refractivity contribution in [3.63, 3.8) is 0 Å². The van der Waals surface area contributed by atoms with Crippen molar-refractivity contribution in [3.05, 3.63) is 36.0 Å². The topological polar surface area (TPSA) is 80.1 Å². The monoisotopic (exact) mass is 301 g/mol. The van der Waals surface area contributed by atoms with Crippen molar-refractivity contribution in [1.29, 1.82) is 0 Å². The SMILES string of the molecule is CC(NC(=O)[C@@H](N)Cc1c[nH]c2ccccc12)C1CCCO1. The normalized spacial score (nSPS) is 20.9. The molecule has 0 radical (unpaired) electrons. The number of nitrogens with two attached hydrogens (primary N) is 1. The molecule has 3 rings (SSSR count). The summed E-state index contributed by atoms with van der Waals surface area (Å²) in [5.41, 5.74) is 8.22. The molecule has 5 nitrogen and oxygen atoms in total. The number of H-pyrrole nitrogens is 1. The van der Waals surface area contributed by atoms with Crippen molar-refractivity contribution in [2.45, 2.75) is 44.4 Å². The first kappa shape index (κ1) is 15.1. The summed E-state index contributed by atoms with van der Waals surface area (Å²) in [6, 6.07) is 7.49. The summed E-state index contributed by atoms with van der Waals surface area (Å²) >= 11 is 0. The van der Waals surface area contributed by atoms with Crippen molar-refractivity contribution in [2.24, 2.45) is 5.73 Å². The van der Waals surface area contributed by atoms with Gasteiger partial charge in [0.15, 0.2) is 0 Å². The largest absolute Gasteiger partial charge is 0.376 e. The number of carbonyl (C=O) groups is 1. The van der Waals surface area contributed by atoms with Crippen LogP contribution in [0.3, 0.4) is 0 Å². The summed E-state index contributed by atoms with van der Waals surface area (Å²) in [6.07, 6.45) is 4.63. The molecule has 3 atom stereocenters. The number of rotatable bonds is 5. The summed E-state index contributed by atoms with van der Waals surface area (Å²) in [4.78, 5) is 15.5. The summed E-state index contributed by atoms with van der Waals surface area (Å²) in [5, 5.41) is 4.11. The molecule has 2 unspecified atom stereocenters. The predicted molar refractivity (Wildman–Crippen MR) is 86.6 cm³/mol. The highest BCUT2D eigenvalue weighted by Gasteiger charge is 2.25. The minimum Gasteiger partial charge on any atom is -0.376 e. The lowest BCUT2D eigenvalue weighted by Gasteiger charge is -2.22. The van der Waals surface area contributed by atoms with E-state index in [4.69, 9.17) is 10.5 Å². The van der Waals surface area contributed by atoms with Crippen molar-refractivity contribution in [2.75, 3.05) is 6.61 Å². The predicted octanol–water partition coefficient (Wildman–Crippen LogP) is 1.72. The number of aromatic amines is 1. The zero-order valence-electron chi connectivity index (χ0n) is 12.8. The molecule has 1 amide bonds. The number of aromatic nitrogens is 1. The lowest BCUT2D eigenvalue weighted by atomic mass is 10.0. The van der Waals surface area contributed by atoms with E-state index in [2.05, 4.69) is 10.3 Å². The molecule has 0 spiro atoms. The zero-order valence-corrected chi connectivity index (χ0v) is 12.8. The Morgan fingerprint density at radius 1 is 1.50 bits per heavy atom. The number of ether oxygens (including phenoxy) is 1. The van der Waals surface area contributed by atoms with Crippen LogP contribution >= 0.6 is 0 Å². The Morgan fingerprint density at radius 2 is 2.32 bits per heavy atom. The van der Waals surface area contributed by atoms with Gasteiger partial charge in [-0.2, -0.15) is 0 Å². The van der Waals surface area contributed by atoms with E-state index in [-0.39, 0.29) is 18.1 Å². The van der Waals surface area contributed by atoms with Gasteiger partial charge in [-0.3, -0.25) is 4.79 Å². The van der Waals surface area contributed by atoms with Gasteiger partial charge in [0.25, 0.3) is 0 Å². The van der Waals surface area contributed by atoms with Gasteiger partial charge in [0.2, 0.25) is 5.91 Å². The Kier molecular flexibility index (Phi) is 4.45. The van der Waals surface area contributed by atoms with Crippen LogP contribution in [0.25, 0.3) is 10.9 Å². The van der Waals surface area contributed by atoms with E-state index in [1.165, 1.54) is 0 Å². The van der Waals surface area contributed by atoms with E-state index >= 15 is 0 Å². The molecule has 1 aromatic carbocycles. The second-order valence-corrected chi connectivity index (χ2v) is 6.02. The van der Waals surface area contributed by atoms with Crippen LogP contribution in [0.15, 0.2) is 30.5 Å². The van der Waals surface area contributed by atoms with E-state index in [0.717, 1.165) is 35.9 Å². The molecule has 1 aromatic heterocycles. The molecule has 2 aromatic rings. The van der Waals surface area contributed by atoms with E-state index in [1.807, 2.05) is 37.4 Å². The second kappa shape index (κ2) is 6.50. The molecule has 1 aliphatic heterocycles. The molecule has 0 bridgehead atoms. The standard InChI is InChI=1S/C17H23N3O2/c1-11(16-7-4-8-22-16)20-17(21)14(18)9-12-10-19-15-6-3-2-5-13(12)15/h2-3,5-6,10-11,14,16,19H,4,7-9,18H2,1H3,(H,20,21)/t11?,14-,16?/m0/s1. The number of benzene rings is 1. The lowest BCUT2D eigenvalue weighted by molar-refractivity contribution is -0.123. The van der Waals surface area contributed by atoms with E-state index < -0.39 is 6.04 Å². The molecule has 2 heterocycles. The molecule has 1 saturated heterocycles. The average Bonchev–Trinajstić information content (AvgIpc) is 3.17. The molecule has 4 N–H and O–H groups in total. The highest BCUT2D eigenvalue weighted by molar-refractivity contribution is 5.86. The number of amides is 1. The van der Waals surface area contributed by atoms with Gasteiger partial charge in [0.05, 0.1) is 18.2 Å². The molecule has 5 heteroatoms. The lowest BCUT2D eigenvalue weighted by Crippen LogP contribution is -2.49. The smallest absolute Gasteiger partial charge is 0.237 e. The van der Waals surface area contributed by atoms with Gasteiger partial charge in [-0.15, -0.1) is 0 Å². The van der Waals surface area contributed by atoms with Gasteiger partial charge in [-0.1, -0.05) is 18.2 Å². The van der Waals surface area contributed by atoms with Crippen LogP contribution in [-0.4, -0.2) is 35.7 Å². The Labute approximate surface area is 130 Å². The Balaban J connectivity index is 1.61. The third kappa shape index (κ3) is 3.15. The first-order valence-corrected chi connectivity index (χ1v) is 7.87. The van der Waals surface area contributed by atoms with Crippen molar-refractivity contribution in [3.8, 4) is 0 Å². The highest BCUT2D eigenvalue weighted by atomic mass is 16.5. The first-order chi connectivity index (χ1) is 10.6. The fraction of sp³-hybridized carbons (Fsp3) is 0.471. The minimum atomic E-state index is -0.553. The van der Waals surface area contributed by atoms with Crippen LogP contribution < -0.4 is 11.1 Å². The highest BCUT2D eigenvalue weighted by Crippen LogP contribution is 2.19. The summed E-state index contributed by atoms with van der Waals surface area (Å²) in [5.74, 6) is -0.117. The third-order valence-electron chi connectivity index (χ3n) is 4.34. The maximum Gasteiger partial charge on any atom is 0.237 e. The van der Waals surface area contributed by atoms with Crippen LogP contribution in [0.5, 0.6) is 0 Å². The first-order valence-electron chi connectivity index (χ1n) is 7.87. The Morgan fingerprint density at radius 3 is 3.09 bits per heavy atom. The van der Waals surface area contributed by atoms with Gasteiger partial charge in [-0.25, -0.2) is 0 Å². The number of fused-ring (bicyclic) bond motifs is 1. The average molecular weight is 301 g/mol. The van der Waals surface area contributed by atoms with Gasteiger partial charge in [0.1, 0.15) is 0 Å². The number of nitrogens with one attached hydrogen (secondary N) is 2. The molecular formula is C17H23N3O2. The number of para-hydroxylation sites is 1. The molecule has 22 heavy (non-hydrogen) atoms. The summed E-state index contributed by atoms with van der Waals surface area (Å²) < 4.78 is 5.60. The third-order valence-corrected chi connectivity index (χ3v) is 4.34. The molecular weight excluding hydrogens is 278 g/mol. The van der Waals surface area contributed by atoms with E-state index in [1.54, 1.807) is 0 Å². The number of hydrogen-bond donors (Lipinski definition) is 3. The van der Waals surface area contributed by atoms with Crippen LogP contribution in [0.2, 0.25) is 0 Å². The second-order valence-electron chi connectivity index (χ2n) is 6.02. The van der Waals surface area contributed by atoms with Crippen LogP contribution in [0, 0.1) is 0 Å². The van der Waals surface area contributed by atoms with Gasteiger partial charge >= 0.3 is 0 Å². The number of carbonyl (C=O) groups excluding carboxylic acids is 1. The summed E-state index contributed by atoms with van der Waals surface area (Å²) in [7, 11) is 0. The van der Waals surface area contributed by atoms with Crippen molar-refractivity contribution >= 4 is 16.8 Å². The maximum absolute atomic E-state index is 12.3. The minimum absolute atomic E-state index is 0.00372. The van der Waals surface area contributed by atoms with E-state index in [9.17, 15) is 4.79 Å². The molecule has 1 aliphatic rings. The van der Waals surface area contributed by atoms with Crippen molar-refractivity contribution < 1.29 is 9.53 Å². The molecule has 0 saturated carbocycles. The van der Waals surface area contributed by atoms with Gasteiger partial charge < -0.3 is 20.8 Å². The Bertz CT molecular complexity index is 646. The fourth-order valence-corrected chi connectivity index (χ4v) is 3.05. The Hall–Kier alpha value is -1.85. The zero-order chi connectivity index (χ0) is 15.5. The fourth-order valence-electron chi connectivity index (χ4n) is 3.05. The van der Waals surface area contributed by atoms with Crippen LogP contribution in [-0.2, 0) is 16.0 Å². The van der Waals surface area contributed by atoms with Gasteiger partial charge in [-0.05, 0) is 37.8 Å². The molecule has 1 fully saturated rings. The van der Waals surface area contributed by atoms with Gasteiger partial charge in [0, 0.05) is 23.7 Å².